The van der Waals surface area contributed by atoms with E-state index in [-0.39, 0.29) is 18.2 Å². The Bertz CT molecular complexity index is 358. The number of sulfone groups is 1. The molecule has 0 fully saturated rings. The van der Waals surface area contributed by atoms with Gasteiger partial charge in [-0.05, 0) is 24.3 Å². The second-order valence-electron chi connectivity index (χ2n) is 2.47. The van der Waals surface area contributed by atoms with Crippen LogP contribution < -0.4 is 5.73 Å². The van der Waals surface area contributed by atoms with Gasteiger partial charge >= 0.3 is 0 Å². The average Bonchev–Trinajstić information content (AvgIpc) is 2.05. The first kappa shape index (κ1) is 12.3. The topological polar surface area (TPSA) is 60.2 Å². The van der Waals surface area contributed by atoms with Crippen molar-refractivity contribution in [3.63, 3.8) is 0 Å². The quantitative estimate of drug-likeness (QED) is 0.770. The minimum atomic E-state index is -3.07. The van der Waals surface area contributed by atoms with Crippen molar-refractivity contribution in [1.29, 1.82) is 0 Å². The van der Waals surface area contributed by atoms with Gasteiger partial charge in [-0.1, -0.05) is 6.92 Å². The molecular formula is C8H12ClNO2S. The molecule has 0 aliphatic carbocycles. The van der Waals surface area contributed by atoms with Crippen molar-refractivity contribution in [2.75, 3.05) is 11.5 Å². The minimum Gasteiger partial charge on any atom is -0.399 e. The molecular weight excluding hydrogens is 210 g/mol. The van der Waals surface area contributed by atoms with Gasteiger partial charge in [-0.15, -0.1) is 12.4 Å². The predicted octanol–water partition coefficient (Wildman–Crippen LogP) is 1.48. The van der Waals surface area contributed by atoms with Gasteiger partial charge in [0.05, 0.1) is 10.6 Å². The van der Waals surface area contributed by atoms with Gasteiger partial charge in [-0.25, -0.2) is 8.42 Å². The molecule has 2 N–H and O–H groups in total. The van der Waals surface area contributed by atoms with Gasteiger partial charge in [0, 0.05) is 5.69 Å². The normalized spacial score (nSPS) is 10.5. The molecule has 0 spiro atoms. The van der Waals surface area contributed by atoms with E-state index in [0.717, 1.165) is 0 Å². The summed E-state index contributed by atoms with van der Waals surface area (Å²) in [6.07, 6.45) is 0. The van der Waals surface area contributed by atoms with Gasteiger partial charge < -0.3 is 5.73 Å². The SMILES string of the molecule is CCS(=O)(=O)c1ccc(N)cc1.Cl. The average molecular weight is 222 g/mol. The zero-order valence-electron chi connectivity index (χ0n) is 7.23. The molecule has 0 aliphatic rings. The Balaban J connectivity index is 0.00000144. The summed E-state index contributed by atoms with van der Waals surface area (Å²) in [4.78, 5) is 0.333. The molecule has 74 valence electrons. The Morgan fingerprint density at radius 3 is 2.08 bits per heavy atom. The fourth-order valence-electron chi connectivity index (χ4n) is 0.842. The van der Waals surface area contributed by atoms with Crippen LogP contribution in [-0.2, 0) is 9.84 Å². The monoisotopic (exact) mass is 221 g/mol. The number of nitrogen functional groups attached to an aromatic ring is 1. The van der Waals surface area contributed by atoms with Gasteiger partial charge in [0.2, 0.25) is 0 Å². The number of benzene rings is 1. The minimum absolute atomic E-state index is 0. The number of anilines is 1. The first-order valence-corrected chi connectivity index (χ1v) is 5.30. The molecule has 0 atom stereocenters. The van der Waals surface area contributed by atoms with Crippen LogP contribution in [0.4, 0.5) is 5.69 Å². The van der Waals surface area contributed by atoms with E-state index in [1.54, 1.807) is 19.1 Å². The maximum absolute atomic E-state index is 11.3. The van der Waals surface area contributed by atoms with Gasteiger partial charge in [0.1, 0.15) is 0 Å². The molecule has 0 bridgehead atoms. The van der Waals surface area contributed by atoms with Gasteiger partial charge in [0.25, 0.3) is 0 Å². The fraction of sp³-hybridized carbons (Fsp3) is 0.250. The highest BCUT2D eigenvalue weighted by Crippen LogP contribution is 2.12. The molecule has 3 nitrogen and oxygen atoms in total. The van der Waals surface area contributed by atoms with E-state index in [1.165, 1.54) is 12.1 Å². The number of nitrogens with two attached hydrogens (primary N) is 1. The lowest BCUT2D eigenvalue weighted by Crippen LogP contribution is -2.03. The molecule has 0 aromatic heterocycles. The van der Waals surface area contributed by atoms with E-state index in [1.807, 2.05) is 0 Å². The molecule has 1 aromatic rings. The lowest BCUT2D eigenvalue weighted by atomic mass is 10.3. The van der Waals surface area contributed by atoms with Crippen LogP contribution in [0.2, 0.25) is 0 Å². The van der Waals surface area contributed by atoms with E-state index >= 15 is 0 Å². The van der Waals surface area contributed by atoms with Crippen LogP contribution in [-0.4, -0.2) is 14.2 Å². The molecule has 0 saturated carbocycles. The lowest BCUT2D eigenvalue weighted by Gasteiger charge is -2.00. The first-order valence-electron chi connectivity index (χ1n) is 3.64. The third-order valence-corrected chi connectivity index (χ3v) is 3.37. The second-order valence-corrected chi connectivity index (χ2v) is 4.75. The highest BCUT2D eigenvalue weighted by Gasteiger charge is 2.09. The molecule has 0 aliphatic heterocycles. The first-order chi connectivity index (χ1) is 5.56. The number of halogens is 1. The van der Waals surface area contributed by atoms with Crippen molar-refractivity contribution in [1.82, 2.24) is 0 Å². The summed E-state index contributed by atoms with van der Waals surface area (Å²) >= 11 is 0. The van der Waals surface area contributed by atoms with Crippen molar-refractivity contribution < 1.29 is 8.42 Å². The Hall–Kier alpha value is -0.740. The van der Waals surface area contributed by atoms with Crippen molar-refractivity contribution in [3.8, 4) is 0 Å². The van der Waals surface area contributed by atoms with E-state index in [2.05, 4.69) is 0 Å². The molecule has 0 saturated heterocycles. The highest BCUT2D eigenvalue weighted by molar-refractivity contribution is 7.91. The van der Waals surface area contributed by atoms with E-state index in [9.17, 15) is 8.42 Å². The zero-order valence-corrected chi connectivity index (χ0v) is 8.86. The van der Waals surface area contributed by atoms with Crippen molar-refractivity contribution in [2.45, 2.75) is 11.8 Å². The van der Waals surface area contributed by atoms with Crippen molar-refractivity contribution >= 4 is 27.9 Å². The Morgan fingerprint density at radius 1 is 1.23 bits per heavy atom. The van der Waals surface area contributed by atoms with Gasteiger partial charge in [0.15, 0.2) is 9.84 Å². The summed E-state index contributed by atoms with van der Waals surface area (Å²) in [5, 5.41) is 0. The van der Waals surface area contributed by atoms with Crippen molar-refractivity contribution in [2.24, 2.45) is 0 Å². The molecule has 13 heavy (non-hydrogen) atoms. The second kappa shape index (κ2) is 4.48. The number of rotatable bonds is 2. The van der Waals surface area contributed by atoms with Crippen LogP contribution in [0.5, 0.6) is 0 Å². The van der Waals surface area contributed by atoms with Crippen LogP contribution in [0, 0.1) is 0 Å². The molecule has 0 unspecified atom stereocenters. The smallest absolute Gasteiger partial charge is 0.178 e. The third-order valence-electron chi connectivity index (χ3n) is 1.62. The Labute approximate surface area is 84.3 Å². The summed E-state index contributed by atoms with van der Waals surface area (Å²) in [6, 6.07) is 6.22. The summed E-state index contributed by atoms with van der Waals surface area (Å²) in [5.41, 5.74) is 5.99. The highest BCUT2D eigenvalue weighted by atomic mass is 35.5. The third kappa shape index (κ3) is 2.90. The van der Waals surface area contributed by atoms with Crippen LogP contribution in [0.25, 0.3) is 0 Å². The maximum atomic E-state index is 11.3. The van der Waals surface area contributed by atoms with Gasteiger partial charge in [-0.2, -0.15) is 0 Å². The van der Waals surface area contributed by atoms with E-state index < -0.39 is 9.84 Å². The van der Waals surface area contributed by atoms with E-state index in [0.29, 0.717) is 10.6 Å². The molecule has 0 radical (unpaired) electrons. The molecule has 5 heteroatoms. The predicted molar refractivity (Wildman–Crippen MR) is 55.8 cm³/mol. The molecule has 0 amide bonds. The standard InChI is InChI=1S/C8H11NO2S.ClH/c1-2-12(10,11)8-5-3-7(9)4-6-8;/h3-6H,2,9H2,1H3;1H. The summed E-state index contributed by atoms with van der Waals surface area (Å²) in [5.74, 6) is 0.122. The van der Waals surface area contributed by atoms with Crippen LogP contribution in [0.3, 0.4) is 0 Å². The summed E-state index contributed by atoms with van der Waals surface area (Å²) in [6.45, 7) is 1.62. The summed E-state index contributed by atoms with van der Waals surface area (Å²) < 4.78 is 22.5. The summed E-state index contributed by atoms with van der Waals surface area (Å²) in [7, 11) is -3.07. The van der Waals surface area contributed by atoms with E-state index in [4.69, 9.17) is 5.73 Å². The molecule has 1 aromatic carbocycles. The fourth-order valence-corrected chi connectivity index (χ4v) is 1.73. The maximum Gasteiger partial charge on any atom is 0.178 e. The Kier molecular flexibility index (Phi) is 4.23. The number of hydrogen-bond donors (Lipinski definition) is 1. The lowest BCUT2D eigenvalue weighted by molar-refractivity contribution is 0.597. The zero-order chi connectivity index (χ0) is 9.19. The van der Waals surface area contributed by atoms with Crippen LogP contribution >= 0.6 is 12.4 Å². The molecule has 0 heterocycles. The molecule has 1 rings (SSSR count). The number of hydrogen-bond acceptors (Lipinski definition) is 3. The van der Waals surface area contributed by atoms with Crippen LogP contribution in [0.1, 0.15) is 6.92 Å². The largest absolute Gasteiger partial charge is 0.399 e. The van der Waals surface area contributed by atoms with Crippen LogP contribution in [0.15, 0.2) is 29.2 Å². The van der Waals surface area contributed by atoms with Gasteiger partial charge in [-0.3, -0.25) is 0 Å². The van der Waals surface area contributed by atoms with Crippen molar-refractivity contribution in [3.05, 3.63) is 24.3 Å². The Morgan fingerprint density at radius 2 is 1.69 bits per heavy atom.